The molecule has 4 N–H and O–H groups in total. The number of hydrogen-bond acceptors (Lipinski definition) is 12. The summed E-state index contributed by atoms with van der Waals surface area (Å²) in [6.45, 7) is 0.610. The summed E-state index contributed by atoms with van der Waals surface area (Å²) in [6.07, 6.45) is 1.08. The Balaban J connectivity index is 0.000000208. The summed E-state index contributed by atoms with van der Waals surface area (Å²) in [5.41, 5.74) is 7.78. The van der Waals surface area contributed by atoms with Crippen LogP contribution in [0.5, 0.6) is 34.5 Å². The van der Waals surface area contributed by atoms with Crippen LogP contribution < -0.4 is 43.6 Å². The molecule has 2 heterocycles. The minimum absolute atomic E-state index is 0.00206. The third-order valence-electron chi connectivity index (χ3n) is 8.69. The Labute approximate surface area is 325 Å². The second-order valence-electron chi connectivity index (χ2n) is 12.5. The fourth-order valence-corrected chi connectivity index (χ4v) is 8.73. The number of sulfonamides is 2. The van der Waals surface area contributed by atoms with Crippen LogP contribution in [0.15, 0.2) is 70.5 Å². The van der Waals surface area contributed by atoms with Gasteiger partial charge in [0, 0.05) is 33.3 Å². The summed E-state index contributed by atoms with van der Waals surface area (Å²) in [6, 6.07) is 15.4. The highest BCUT2D eigenvalue weighted by molar-refractivity contribution is 7.93. The number of benzene rings is 4. The van der Waals surface area contributed by atoms with E-state index in [0.717, 1.165) is 5.56 Å². The van der Waals surface area contributed by atoms with Crippen molar-refractivity contribution in [2.24, 2.45) is 5.73 Å². The molecule has 0 saturated heterocycles. The first-order chi connectivity index (χ1) is 25.6. The molecule has 4 aromatic carbocycles. The summed E-state index contributed by atoms with van der Waals surface area (Å²) in [5.74, 6) is 2.41. The zero-order chi connectivity index (χ0) is 39.4. The largest absolute Gasteiger partial charge is 0.496 e. The van der Waals surface area contributed by atoms with Gasteiger partial charge in [-0.05, 0) is 87.6 Å². The number of methoxy groups -OCH3 is 4. The van der Waals surface area contributed by atoms with Gasteiger partial charge >= 0.3 is 0 Å². The summed E-state index contributed by atoms with van der Waals surface area (Å²) in [4.78, 5) is 2.09. The predicted molar refractivity (Wildman–Crippen MR) is 207 cm³/mol. The van der Waals surface area contributed by atoms with E-state index in [0.29, 0.717) is 63.8 Å². The first kappa shape index (κ1) is 40.9. The van der Waals surface area contributed by atoms with Crippen LogP contribution in [0, 0.1) is 0 Å². The molecule has 0 radical (unpaired) electrons. The van der Waals surface area contributed by atoms with Crippen molar-refractivity contribution in [2.75, 3.05) is 65.2 Å². The average Bonchev–Trinajstić information content (AvgIpc) is 3.13. The number of rotatable bonds is 11. The molecule has 14 nitrogen and oxygen atoms in total. The smallest absolute Gasteiger partial charge is 0.265 e. The van der Waals surface area contributed by atoms with Crippen LogP contribution in [-0.2, 0) is 32.9 Å². The second-order valence-corrected chi connectivity index (χ2v) is 16.6. The van der Waals surface area contributed by atoms with E-state index in [2.05, 4.69) is 9.44 Å². The third kappa shape index (κ3) is 8.96. The van der Waals surface area contributed by atoms with Crippen molar-refractivity contribution < 1.29 is 45.3 Å². The summed E-state index contributed by atoms with van der Waals surface area (Å²) in [7, 11) is 1.98. The average molecular weight is 826 g/mol. The Morgan fingerprint density at radius 1 is 0.648 bits per heavy atom. The van der Waals surface area contributed by atoms with Crippen molar-refractivity contribution in [3.63, 3.8) is 0 Å². The van der Waals surface area contributed by atoms with Gasteiger partial charge in [-0.25, -0.2) is 16.8 Å². The molecule has 6 rings (SSSR count). The van der Waals surface area contributed by atoms with Crippen molar-refractivity contribution in [3.05, 3.63) is 81.8 Å². The van der Waals surface area contributed by atoms with Crippen LogP contribution in [0.2, 0.25) is 10.0 Å². The molecule has 0 amide bonds. The summed E-state index contributed by atoms with van der Waals surface area (Å²) < 4.78 is 89.9. The van der Waals surface area contributed by atoms with Crippen molar-refractivity contribution in [3.8, 4) is 34.5 Å². The highest BCUT2D eigenvalue weighted by Gasteiger charge is 2.32. The lowest BCUT2D eigenvalue weighted by Crippen LogP contribution is -2.39. The molecule has 0 aromatic heterocycles. The molecule has 2 aliphatic rings. The summed E-state index contributed by atoms with van der Waals surface area (Å²) in [5, 5.41) is 0.766. The van der Waals surface area contributed by atoms with Gasteiger partial charge in [0.1, 0.15) is 57.5 Å². The van der Waals surface area contributed by atoms with Crippen molar-refractivity contribution >= 4 is 54.6 Å². The molecule has 18 heteroatoms. The Kier molecular flexibility index (Phi) is 12.9. The second kappa shape index (κ2) is 17.0. The lowest BCUT2D eigenvalue weighted by molar-refractivity contribution is 0.159. The van der Waals surface area contributed by atoms with E-state index in [1.165, 1.54) is 45.6 Å². The fraction of sp³-hybridized carbons (Fsp3) is 0.333. The molecule has 0 saturated carbocycles. The zero-order valence-corrected chi connectivity index (χ0v) is 33.6. The van der Waals surface area contributed by atoms with Gasteiger partial charge < -0.3 is 39.1 Å². The molecule has 0 bridgehead atoms. The van der Waals surface area contributed by atoms with Crippen molar-refractivity contribution in [1.29, 1.82) is 0 Å². The van der Waals surface area contributed by atoms with Gasteiger partial charge in [-0.1, -0.05) is 23.2 Å². The molecule has 54 heavy (non-hydrogen) atoms. The Morgan fingerprint density at radius 2 is 1.06 bits per heavy atom. The van der Waals surface area contributed by atoms with Gasteiger partial charge in [0.25, 0.3) is 20.0 Å². The topological polar surface area (TPSA) is 177 Å². The number of fused-ring (bicyclic) bond motifs is 2. The fourth-order valence-electron chi connectivity index (χ4n) is 5.92. The molecule has 2 atom stereocenters. The number of nitrogens with two attached hydrogens (primary N) is 1. The lowest BCUT2D eigenvalue weighted by atomic mass is 10.0. The van der Waals surface area contributed by atoms with Crippen LogP contribution in [0.1, 0.15) is 11.1 Å². The monoisotopic (exact) mass is 824 g/mol. The molecular formula is C36H42Cl2N4O10S2. The normalized spacial score (nSPS) is 16.3. The van der Waals surface area contributed by atoms with E-state index in [1.807, 2.05) is 19.0 Å². The number of nitrogens with zero attached hydrogens (tertiary/aromatic N) is 1. The summed E-state index contributed by atoms with van der Waals surface area (Å²) >= 11 is 12.0. The lowest BCUT2D eigenvalue weighted by Gasteiger charge is -2.31. The highest BCUT2D eigenvalue weighted by Crippen LogP contribution is 2.42. The first-order valence-electron chi connectivity index (χ1n) is 16.4. The number of halogens is 2. The predicted octanol–water partition coefficient (Wildman–Crippen LogP) is 5.44. The highest BCUT2D eigenvalue weighted by atomic mass is 35.5. The van der Waals surface area contributed by atoms with Gasteiger partial charge in [0.15, 0.2) is 0 Å². The molecule has 292 valence electrons. The molecule has 0 spiro atoms. The van der Waals surface area contributed by atoms with Crippen LogP contribution >= 0.6 is 23.2 Å². The third-order valence-corrected chi connectivity index (χ3v) is 11.9. The maximum Gasteiger partial charge on any atom is 0.265 e. The van der Waals surface area contributed by atoms with E-state index >= 15 is 0 Å². The van der Waals surface area contributed by atoms with Gasteiger partial charge in [0.05, 0.1) is 39.8 Å². The van der Waals surface area contributed by atoms with Gasteiger partial charge in [-0.3, -0.25) is 9.44 Å². The van der Waals surface area contributed by atoms with E-state index in [4.69, 9.17) is 57.4 Å². The number of anilines is 2. The van der Waals surface area contributed by atoms with Crippen molar-refractivity contribution in [2.45, 2.75) is 34.7 Å². The Hall–Kier alpha value is -4.32. The molecule has 4 aromatic rings. The van der Waals surface area contributed by atoms with Crippen LogP contribution in [0.25, 0.3) is 0 Å². The van der Waals surface area contributed by atoms with Crippen LogP contribution in [0.4, 0.5) is 11.4 Å². The van der Waals surface area contributed by atoms with E-state index < -0.39 is 20.0 Å². The van der Waals surface area contributed by atoms with Gasteiger partial charge in [-0.15, -0.1) is 0 Å². The molecule has 0 unspecified atom stereocenters. The van der Waals surface area contributed by atoms with Crippen molar-refractivity contribution in [1.82, 2.24) is 4.90 Å². The zero-order valence-electron chi connectivity index (χ0n) is 30.4. The molecule has 2 aliphatic heterocycles. The first-order valence-corrected chi connectivity index (χ1v) is 20.1. The maximum atomic E-state index is 13.1. The van der Waals surface area contributed by atoms with E-state index in [1.54, 1.807) is 43.5 Å². The molecular weight excluding hydrogens is 783 g/mol. The number of ether oxygens (including phenoxy) is 6. The minimum Gasteiger partial charge on any atom is -0.496 e. The minimum atomic E-state index is -3.96. The van der Waals surface area contributed by atoms with E-state index in [9.17, 15) is 16.8 Å². The SMILES string of the molecule is COc1ccc(Cl)cc1NS(=O)(=O)c1ccc(OC)c2c1OC[C@H](N(C)C)C2.COc1ccc(Cl)cc1NS(=O)(=O)c1ccc(OC)c2c1OC[C@H](N)C2. The Bertz CT molecular complexity index is 2220. The molecule has 0 aliphatic carbocycles. The number of hydrogen-bond donors (Lipinski definition) is 3. The van der Waals surface area contributed by atoms with Crippen LogP contribution in [-0.4, -0.2) is 89.6 Å². The Morgan fingerprint density at radius 3 is 1.48 bits per heavy atom. The van der Waals surface area contributed by atoms with E-state index in [-0.39, 0.29) is 45.6 Å². The molecule has 0 fully saturated rings. The quantitative estimate of drug-likeness (QED) is 0.175. The van der Waals surface area contributed by atoms with Gasteiger partial charge in [0.2, 0.25) is 0 Å². The maximum absolute atomic E-state index is 13.1. The number of nitrogens with one attached hydrogen (secondary N) is 2. The van der Waals surface area contributed by atoms with Crippen LogP contribution in [0.3, 0.4) is 0 Å². The van der Waals surface area contributed by atoms with Gasteiger partial charge in [-0.2, -0.15) is 0 Å². The standard InChI is InChI=1S/C19H23ClN2O5S.C17H19ClN2O5S/c1-22(2)13-10-14-16(25-3)7-8-18(19(14)27-11-13)28(23,24)21-15-9-12(20)5-6-17(15)26-4;1-23-14-5-6-16(17-12(14)8-11(19)9-25-17)26(21,22)20-13-7-10(18)3-4-15(13)24-2/h5-9,13,21H,10-11H2,1-4H3;3-7,11,20H,8-9,19H2,1-2H3/t13-;11-/m11/s1. The number of likely N-dealkylation sites (N-methyl/N-ethyl adjacent to an activating group) is 1.